The summed E-state index contributed by atoms with van der Waals surface area (Å²) >= 11 is 6.86. The highest BCUT2D eigenvalue weighted by atomic mass is 79.9. The molecule has 0 bridgehead atoms. The predicted molar refractivity (Wildman–Crippen MR) is 141 cm³/mol. The molecule has 2 heterocycles. The third kappa shape index (κ3) is 6.73. The number of halogens is 2. The number of ether oxygens (including phenoxy) is 1. The average Bonchev–Trinajstić information content (AvgIpc) is 3.39. The molecular formula is C26H28Br2N4O3. The maximum absolute atomic E-state index is 13.0. The first-order chi connectivity index (χ1) is 16.6. The van der Waals surface area contributed by atoms with E-state index in [4.69, 9.17) is 4.74 Å². The van der Waals surface area contributed by atoms with Crippen molar-refractivity contribution in [3.8, 4) is 0 Å². The van der Waals surface area contributed by atoms with Crippen LogP contribution in [0.15, 0.2) is 69.9 Å². The second-order valence-corrected chi connectivity index (χ2v) is 11.5. The summed E-state index contributed by atoms with van der Waals surface area (Å²) in [6, 6.07) is 15.0. The van der Waals surface area contributed by atoms with Crippen LogP contribution < -0.4 is 5.32 Å². The molecule has 35 heavy (non-hydrogen) atoms. The molecule has 1 aliphatic rings. The van der Waals surface area contributed by atoms with Crippen LogP contribution in [-0.4, -0.2) is 44.9 Å². The molecule has 1 saturated heterocycles. The Hall–Kier alpha value is -2.65. The molecule has 1 aromatic heterocycles. The van der Waals surface area contributed by atoms with Crippen LogP contribution in [0.4, 0.5) is 4.79 Å². The molecule has 9 heteroatoms. The van der Waals surface area contributed by atoms with Gasteiger partial charge in [-0.15, -0.1) is 0 Å². The predicted octanol–water partition coefficient (Wildman–Crippen LogP) is 5.94. The van der Waals surface area contributed by atoms with Crippen molar-refractivity contribution in [2.45, 2.75) is 51.4 Å². The average molecular weight is 604 g/mol. The number of aromatic nitrogens is 2. The van der Waals surface area contributed by atoms with E-state index in [0.717, 1.165) is 20.1 Å². The van der Waals surface area contributed by atoms with Gasteiger partial charge in [0, 0.05) is 28.8 Å². The zero-order valence-electron chi connectivity index (χ0n) is 19.9. The van der Waals surface area contributed by atoms with E-state index in [-0.39, 0.29) is 24.1 Å². The van der Waals surface area contributed by atoms with Gasteiger partial charge in [-0.1, -0.05) is 40.2 Å². The molecular weight excluding hydrogens is 576 g/mol. The van der Waals surface area contributed by atoms with E-state index in [0.29, 0.717) is 25.1 Å². The standard InChI is InChI=1S/C26H28Br2N4O3/c1-26(2,3)35-25(34)32-16-22(12-23(32)18-8-10-20(27)11-9-18)30-24(33)19-6-4-17(5-7-19)14-31-15-21(28)13-29-31/h4-11,13,15,22-23H,12,14,16H2,1-3H3,(H,30,33). The molecule has 2 atom stereocenters. The van der Waals surface area contributed by atoms with Gasteiger partial charge in [0.25, 0.3) is 5.91 Å². The van der Waals surface area contributed by atoms with E-state index in [1.807, 2.05) is 80.2 Å². The fourth-order valence-electron chi connectivity index (χ4n) is 4.11. The quantitative estimate of drug-likeness (QED) is 0.392. The van der Waals surface area contributed by atoms with Crippen LogP contribution in [0, 0.1) is 0 Å². The van der Waals surface area contributed by atoms with Gasteiger partial charge in [-0.2, -0.15) is 5.10 Å². The highest BCUT2D eigenvalue weighted by Gasteiger charge is 2.39. The fraction of sp³-hybridized carbons (Fsp3) is 0.346. The van der Waals surface area contributed by atoms with Crippen molar-refractivity contribution in [2.75, 3.05) is 6.54 Å². The van der Waals surface area contributed by atoms with Crippen LogP contribution in [0.3, 0.4) is 0 Å². The van der Waals surface area contributed by atoms with Crippen LogP contribution >= 0.6 is 31.9 Å². The summed E-state index contributed by atoms with van der Waals surface area (Å²) in [4.78, 5) is 27.7. The summed E-state index contributed by atoms with van der Waals surface area (Å²) in [7, 11) is 0. The molecule has 2 unspecified atom stereocenters. The first-order valence-corrected chi connectivity index (χ1v) is 13.0. The second-order valence-electron chi connectivity index (χ2n) is 9.66. The van der Waals surface area contributed by atoms with Crippen LogP contribution in [0.25, 0.3) is 0 Å². The number of amides is 2. The third-order valence-corrected chi connectivity index (χ3v) is 6.62. The van der Waals surface area contributed by atoms with E-state index >= 15 is 0 Å². The minimum Gasteiger partial charge on any atom is -0.444 e. The molecule has 0 spiro atoms. The lowest BCUT2D eigenvalue weighted by Gasteiger charge is -2.28. The summed E-state index contributed by atoms with van der Waals surface area (Å²) < 4.78 is 9.37. The smallest absolute Gasteiger partial charge is 0.410 e. The summed E-state index contributed by atoms with van der Waals surface area (Å²) in [5.41, 5.74) is 2.03. The molecule has 2 aromatic carbocycles. The SMILES string of the molecule is CC(C)(C)OC(=O)N1CC(NC(=O)c2ccc(Cn3cc(Br)cn3)cc2)CC1c1ccc(Br)cc1. The molecule has 7 nitrogen and oxygen atoms in total. The minimum absolute atomic E-state index is 0.163. The summed E-state index contributed by atoms with van der Waals surface area (Å²) in [5.74, 6) is -0.163. The van der Waals surface area contributed by atoms with Gasteiger partial charge in [0.2, 0.25) is 0 Å². The lowest BCUT2D eigenvalue weighted by atomic mass is 10.0. The van der Waals surface area contributed by atoms with Gasteiger partial charge >= 0.3 is 6.09 Å². The Morgan fingerprint density at radius 2 is 1.74 bits per heavy atom. The van der Waals surface area contributed by atoms with Crippen LogP contribution in [0.1, 0.15) is 54.7 Å². The maximum Gasteiger partial charge on any atom is 0.410 e. The Labute approximate surface area is 222 Å². The van der Waals surface area contributed by atoms with Gasteiger partial charge in [-0.05, 0) is 78.5 Å². The molecule has 1 fully saturated rings. The topological polar surface area (TPSA) is 76.5 Å². The lowest BCUT2D eigenvalue weighted by Crippen LogP contribution is -2.40. The van der Waals surface area contributed by atoms with E-state index in [9.17, 15) is 9.59 Å². The zero-order valence-corrected chi connectivity index (χ0v) is 23.0. The maximum atomic E-state index is 13.0. The summed E-state index contributed by atoms with van der Waals surface area (Å²) in [6.07, 6.45) is 3.88. The molecule has 184 valence electrons. The second kappa shape index (κ2) is 10.5. The van der Waals surface area contributed by atoms with Crippen molar-refractivity contribution >= 4 is 43.9 Å². The molecule has 0 saturated carbocycles. The highest BCUT2D eigenvalue weighted by molar-refractivity contribution is 9.10. The number of nitrogens with one attached hydrogen (secondary N) is 1. The van der Waals surface area contributed by atoms with Crippen LogP contribution in [0.5, 0.6) is 0 Å². The van der Waals surface area contributed by atoms with Gasteiger partial charge in [-0.25, -0.2) is 4.79 Å². The Kier molecular flexibility index (Phi) is 7.66. The van der Waals surface area contributed by atoms with Crippen molar-refractivity contribution in [1.82, 2.24) is 20.0 Å². The van der Waals surface area contributed by atoms with Gasteiger partial charge in [0.15, 0.2) is 0 Å². The van der Waals surface area contributed by atoms with Crippen molar-refractivity contribution in [3.63, 3.8) is 0 Å². The number of likely N-dealkylation sites (tertiary alicyclic amines) is 1. The van der Waals surface area contributed by atoms with Crippen molar-refractivity contribution in [1.29, 1.82) is 0 Å². The molecule has 0 radical (unpaired) electrons. The number of carbonyl (C=O) groups excluding carboxylic acids is 2. The van der Waals surface area contributed by atoms with E-state index in [2.05, 4.69) is 42.3 Å². The first kappa shape index (κ1) is 25.4. The van der Waals surface area contributed by atoms with Crippen molar-refractivity contribution < 1.29 is 14.3 Å². The minimum atomic E-state index is -0.601. The van der Waals surface area contributed by atoms with Crippen molar-refractivity contribution in [2.24, 2.45) is 0 Å². The zero-order chi connectivity index (χ0) is 25.2. The fourth-order valence-corrected chi connectivity index (χ4v) is 4.70. The van der Waals surface area contributed by atoms with E-state index in [1.54, 1.807) is 11.1 Å². The monoisotopic (exact) mass is 602 g/mol. The number of rotatable bonds is 5. The Morgan fingerprint density at radius 3 is 2.34 bits per heavy atom. The Bertz CT molecular complexity index is 1190. The van der Waals surface area contributed by atoms with Gasteiger partial charge < -0.3 is 10.1 Å². The summed E-state index contributed by atoms with van der Waals surface area (Å²) in [5, 5.41) is 7.37. The lowest BCUT2D eigenvalue weighted by molar-refractivity contribution is 0.0220. The molecule has 3 aromatic rings. The number of nitrogens with zero attached hydrogens (tertiary/aromatic N) is 3. The van der Waals surface area contributed by atoms with Crippen molar-refractivity contribution in [3.05, 3.63) is 86.6 Å². The molecule has 1 N–H and O–H groups in total. The van der Waals surface area contributed by atoms with Gasteiger partial charge in [-0.3, -0.25) is 14.4 Å². The highest BCUT2D eigenvalue weighted by Crippen LogP contribution is 2.34. The number of carbonyl (C=O) groups is 2. The van der Waals surface area contributed by atoms with Crippen LogP contribution in [0.2, 0.25) is 0 Å². The molecule has 2 amide bonds. The third-order valence-electron chi connectivity index (χ3n) is 5.68. The number of hydrogen-bond donors (Lipinski definition) is 1. The van der Waals surface area contributed by atoms with Gasteiger partial charge in [0.1, 0.15) is 5.60 Å². The summed E-state index contributed by atoms with van der Waals surface area (Å²) in [6.45, 7) is 6.56. The molecule has 4 rings (SSSR count). The molecule has 1 aliphatic heterocycles. The van der Waals surface area contributed by atoms with E-state index in [1.165, 1.54) is 0 Å². The van der Waals surface area contributed by atoms with Gasteiger partial charge in [0.05, 0.1) is 23.3 Å². The van der Waals surface area contributed by atoms with E-state index < -0.39 is 5.60 Å². The Morgan fingerprint density at radius 1 is 1.06 bits per heavy atom. The first-order valence-electron chi connectivity index (χ1n) is 11.4. The molecule has 0 aliphatic carbocycles. The number of benzene rings is 2. The largest absolute Gasteiger partial charge is 0.444 e. The van der Waals surface area contributed by atoms with Crippen LogP contribution in [-0.2, 0) is 11.3 Å². The normalized spacial score (nSPS) is 17.9. The Balaban J connectivity index is 1.44. The number of hydrogen-bond acceptors (Lipinski definition) is 4.